The first-order chi connectivity index (χ1) is 11.6. The number of carbonyl (C=O) groups excluding carboxylic acids is 2. The van der Waals surface area contributed by atoms with E-state index in [9.17, 15) is 9.59 Å². The van der Waals surface area contributed by atoms with Gasteiger partial charge in [0.1, 0.15) is 11.9 Å². The summed E-state index contributed by atoms with van der Waals surface area (Å²) in [6.07, 6.45) is 3.75. The van der Waals surface area contributed by atoms with Crippen LogP contribution in [0.3, 0.4) is 0 Å². The molecular weight excluding hydrogens is 306 g/mol. The van der Waals surface area contributed by atoms with Gasteiger partial charge >= 0.3 is 0 Å². The molecule has 0 radical (unpaired) electrons. The molecule has 2 rings (SSSR count). The van der Waals surface area contributed by atoms with Crippen molar-refractivity contribution in [3.05, 3.63) is 29.8 Å². The Kier molecular flexibility index (Phi) is 7.06. The molecule has 0 spiro atoms. The third kappa shape index (κ3) is 5.85. The minimum Gasteiger partial charge on any atom is -0.489 e. The minimum atomic E-state index is -0.528. The number of nitrogens with one attached hydrogen (secondary N) is 1. The third-order valence-corrected chi connectivity index (χ3v) is 4.12. The molecule has 1 aromatic rings. The molecule has 0 fully saturated rings. The van der Waals surface area contributed by atoms with Crippen LogP contribution in [0.1, 0.15) is 38.2 Å². The second-order valence-corrected chi connectivity index (χ2v) is 6.22. The second kappa shape index (κ2) is 9.27. The predicted molar refractivity (Wildman–Crippen MR) is 92.5 cm³/mol. The normalized spacial score (nSPS) is 17.5. The quantitative estimate of drug-likeness (QED) is 0.754. The number of primary amides is 1. The van der Waals surface area contributed by atoms with Crippen molar-refractivity contribution < 1.29 is 14.3 Å². The lowest BCUT2D eigenvalue weighted by atomic mass is 10.1. The van der Waals surface area contributed by atoms with E-state index in [0.29, 0.717) is 13.0 Å². The van der Waals surface area contributed by atoms with Gasteiger partial charge in [0.25, 0.3) is 0 Å². The molecule has 0 saturated heterocycles. The van der Waals surface area contributed by atoms with Crippen molar-refractivity contribution in [2.75, 3.05) is 19.6 Å². The number of nitrogens with zero attached hydrogens (tertiary/aromatic N) is 1. The second-order valence-electron chi connectivity index (χ2n) is 6.22. The molecule has 0 bridgehead atoms. The van der Waals surface area contributed by atoms with Crippen molar-refractivity contribution in [1.82, 2.24) is 10.2 Å². The highest BCUT2D eigenvalue weighted by Gasteiger charge is 2.22. The van der Waals surface area contributed by atoms with Crippen LogP contribution in [0.2, 0.25) is 0 Å². The fourth-order valence-electron chi connectivity index (χ4n) is 2.85. The largest absolute Gasteiger partial charge is 0.489 e. The van der Waals surface area contributed by atoms with Crippen molar-refractivity contribution >= 4 is 11.8 Å². The fourth-order valence-corrected chi connectivity index (χ4v) is 2.85. The van der Waals surface area contributed by atoms with Crippen LogP contribution in [0, 0.1) is 0 Å². The molecule has 6 nitrogen and oxygen atoms in total. The van der Waals surface area contributed by atoms with E-state index in [1.165, 1.54) is 0 Å². The van der Waals surface area contributed by atoms with Gasteiger partial charge < -0.3 is 15.8 Å². The number of benzene rings is 1. The number of para-hydroxylation sites is 1. The van der Waals surface area contributed by atoms with Crippen LogP contribution >= 0.6 is 0 Å². The lowest BCUT2D eigenvalue weighted by Gasteiger charge is -2.23. The van der Waals surface area contributed by atoms with Crippen LogP contribution in [0.15, 0.2) is 24.3 Å². The number of hydrogen-bond donors (Lipinski definition) is 2. The van der Waals surface area contributed by atoms with Gasteiger partial charge in [0.15, 0.2) is 0 Å². The van der Waals surface area contributed by atoms with Gasteiger partial charge in [-0.1, -0.05) is 31.5 Å². The molecule has 1 unspecified atom stereocenters. The highest BCUT2D eigenvalue weighted by molar-refractivity contribution is 5.83. The smallest absolute Gasteiger partial charge is 0.236 e. The van der Waals surface area contributed by atoms with Crippen LogP contribution in [-0.4, -0.2) is 42.5 Å². The van der Waals surface area contributed by atoms with Crippen molar-refractivity contribution in [3.63, 3.8) is 0 Å². The van der Waals surface area contributed by atoms with E-state index in [4.69, 9.17) is 10.5 Å². The van der Waals surface area contributed by atoms with E-state index in [0.717, 1.165) is 43.7 Å². The summed E-state index contributed by atoms with van der Waals surface area (Å²) < 4.78 is 6.17. The van der Waals surface area contributed by atoms with Crippen LogP contribution in [0.5, 0.6) is 5.75 Å². The standard InChI is InChI=1S/C18H27N3O3/c1-2-3-7-15-13-21(10-9-18(23)20-11-17(19)22)12-14-6-4-5-8-16(14)24-15/h4-6,8,15H,2-3,7,9-13H2,1H3,(H2,19,22)(H,20,23). The Bertz CT molecular complexity index is 562. The van der Waals surface area contributed by atoms with Gasteiger partial charge in [0, 0.05) is 31.6 Å². The Labute approximate surface area is 143 Å². The molecule has 0 saturated carbocycles. The Morgan fingerprint density at radius 2 is 2.17 bits per heavy atom. The summed E-state index contributed by atoms with van der Waals surface area (Å²) in [5, 5.41) is 2.53. The number of amides is 2. The molecule has 1 aliphatic rings. The first kappa shape index (κ1) is 18.3. The summed E-state index contributed by atoms with van der Waals surface area (Å²) in [5.74, 6) is 0.261. The molecule has 1 aromatic carbocycles. The number of fused-ring (bicyclic) bond motifs is 1. The third-order valence-electron chi connectivity index (χ3n) is 4.12. The number of unbranched alkanes of at least 4 members (excludes halogenated alkanes) is 1. The average molecular weight is 333 g/mol. The number of hydrogen-bond acceptors (Lipinski definition) is 4. The number of rotatable bonds is 8. The minimum absolute atomic E-state index is 0.107. The molecule has 1 heterocycles. The zero-order valence-electron chi connectivity index (χ0n) is 14.3. The first-order valence-electron chi connectivity index (χ1n) is 8.60. The zero-order valence-corrected chi connectivity index (χ0v) is 14.3. The van der Waals surface area contributed by atoms with Gasteiger partial charge in [-0.3, -0.25) is 14.5 Å². The highest BCUT2D eigenvalue weighted by atomic mass is 16.5. The van der Waals surface area contributed by atoms with Crippen LogP contribution in [0.25, 0.3) is 0 Å². The summed E-state index contributed by atoms with van der Waals surface area (Å²) in [4.78, 5) is 24.8. The van der Waals surface area contributed by atoms with E-state index in [-0.39, 0.29) is 18.6 Å². The van der Waals surface area contributed by atoms with Gasteiger partial charge in [-0.05, 0) is 18.9 Å². The average Bonchev–Trinajstić information content (AvgIpc) is 2.74. The van der Waals surface area contributed by atoms with Crippen molar-refractivity contribution in [1.29, 1.82) is 0 Å². The molecule has 0 aliphatic carbocycles. The van der Waals surface area contributed by atoms with Gasteiger partial charge in [-0.25, -0.2) is 0 Å². The first-order valence-corrected chi connectivity index (χ1v) is 8.60. The predicted octanol–water partition coefficient (Wildman–Crippen LogP) is 1.43. The molecular formula is C18H27N3O3. The molecule has 24 heavy (non-hydrogen) atoms. The lowest BCUT2D eigenvalue weighted by Crippen LogP contribution is -2.37. The van der Waals surface area contributed by atoms with Crippen molar-refractivity contribution in [2.24, 2.45) is 5.73 Å². The molecule has 6 heteroatoms. The van der Waals surface area contributed by atoms with Crippen molar-refractivity contribution in [3.8, 4) is 5.75 Å². The molecule has 132 valence electrons. The Morgan fingerprint density at radius 1 is 1.38 bits per heavy atom. The lowest BCUT2D eigenvalue weighted by molar-refractivity contribution is -0.125. The highest BCUT2D eigenvalue weighted by Crippen LogP contribution is 2.26. The maximum Gasteiger partial charge on any atom is 0.236 e. The maximum atomic E-state index is 11.8. The Morgan fingerprint density at radius 3 is 2.92 bits per heavy atom. The number of nitrogens with two attached hydrogens (primary N) is 1. The topological polar surface area (TPSA) is 84.7 Å². The summed E-state index contributed by atoms with van der Waals surface area (Å²) in [6, 6.07) is 8.07. The van der Waals surface area contributed by atoms with E-state index < -0.39 is 5.91 Å². The zero-order chi connectivity index (χ0) is 17.4. The van der Waals surface area contributed by atoms with E-state index >= 15 is 0 Å². The van der Waals surface area contributed by atoms with Crippen LogP contribution in [-0.2, 0) is 16.1 Å². The maximum absolute atomic E-state index is 11.8. The Balaban J connectivity index is 1.95. The van der Waals surface area contributed by atoms with E-state index in [2.05, 4.69) is 23.2 Å². The number of carbonyl (C=O) groups is 2. The Hall–Kier alpha value is -2.08. The SMILES string of the molecule is CCCCC1CN(CCC(=O)NCC(N)=O)Cc2ccccc2O1. The summed E-state index contributed by atoms with van der Waals surface area (Å²) >= 11 is 0. The molecule has 2 amide bonds. The number of ether oxygens (including phenoxy) is 1. The summed E-state index contributed by atoms with van der Waals surface area (Å²) in [7, 11) is 0. The fraction of sp³-hybridized carbons (Fsp3) is 0.556. The molecule has 0 aromatic heterocycles. The van der Waals surface area contributed by atoms with Crippen molar-refractivity contribution in [2.45, 2.75) is 45.3 Å². The van der Waals surface area contributed by atoms with Gasteiger partial charge in [0.05, 0.1) is 6.54 Å². The molecule has 3 N–H and O–H groups in total. The molecule has 1 atom stereocenters. The van der Waals surface area contributed by atoms with E-state index in [1.54, 1.807) is 0 Å². The van der Waals surface area contributed by atoms with E-state index in [1.807, 2.05) is 18.2 Å². The summed E-state index contributed by atoms with van der Waals surface area (Å²) in [6.45, 7) is 4.26. The molecule has 1 aliphatic heterocycles. The van der Waals surface area contributed by atoms with Crippen LogP contribution in [0.4, 0.5) is 0 Å². The monoisotopic (exact) mass is 333 g/mol. The van der Waals surface area contributed by atoms with Crippen LogP contribution < -0.4 is 15.8 Å². The van der Waals surface area contributed by atoms with Gasteiger partial charge in [-0.15, -0.1) is 0 Å². The van der Waals surface area contributed by atoms with Gasteiger partial charge in [-0.2, -0.15) is 0 Å². The van der Waals surface area contributed by atoms with Gasteiger partial charge in [0.2, 0.25) is 11.8 Å². The summed E-state index contributed by atoms with van der Waals surface area (Å²) in [5.41, 5.74) is 6.18.